The van der Waals surface area contributed by atoms with Crippen molar-refractivity contribution in [3.05, 3.63) is 59.2 Å². The predicted molar refractivity (Wildman–Crippen MR) is 159 cm³/mol. The van der Waals surface area contributed by atoms with Crippen molar-refractivity contribution in [2.45, 2.75) is 57.2 Å². The normalized spacial score (nSPS) is 21.4. The molecule has 0 spiro atoms. The molecule has 2 N–H and O–H groups in total. The molecule has 41 heavy (non-hydrogen) atoms. The van der Waals surface area contributed by atoms with Gasteiger partial charge in [0.2, 0.25) is 0 Å². The average molecular weight is 573 g/mol. The Kier molecular flexibility index (Phi) is 13.2. The van der Waals surface area contributed by atoms with Crippen LogP contribution >= 0.6 is 0 Å². The van der Waals surface area contributed by atoms with Gasteiger partial charge in [-0.25, -0.2) is 0 Å². The summed E-state index contributed by atoms with van der Waals surface area (Å²) in [5.41, 5.74) is 4.52. The molecular formula is C32H48N2O7. The maximum Gasteiger partial charge on any atom is 0.142 e. The highest BCUT2D eigenvalue weighted by Crippen LogP contribution is 2.34. The molecule has 2 aliphatic rings. The predicted octanol–water partition coefficient (Wildman–Crippen LogP) is 3.51. The summed E-state index contributed by atoms with van der Waals surface area (Å²) in [5, 5.41) is 13.4. The number of anilines is 1. The number of nitrogens with one attached hydrogen (secondary N) is 1. The summed E-state index contributed by atoms with van der Waals surface area (Å²) in [7, 11) is 3.44. The minimum atomic E-state index is -0.529. The highest BCUT2D eigenvalue weighted by atomic mass is 16.5. The Morgan fingerprint density at radius 3 is 2.41 bits per heavy atom. The zero-order chi connectivity index (χ0) is 28.9. The molecule has 1 saturated heterocycles. The van der Waals surface area contributed by atoms with Gasteiger partial charge in [-0.3, -0.25) is 0 Å². The minimum Gasteiger partial charge on any atom is -0.490 e. The largest absolute Gasteiger partial charge is 0.490 e. The van der Waals surface area contributed by atoms with Crippen LogP contribution in [0.5, 0.6) is 5.75 Å². The van der Waals surface area contributed by atoms with E-state index < -0.39 is 6.10 Å². The number of methoxy groups -OCH3 is 2. The van der Waals surface area contributed by atoms with E-state index in [1.54, 1.807) is 21.1 Å². The number of fused-ring (bicyclic) bond motifs is 1. The molecule has 0 radical (unpaired) electrons. The highest BCUT2D eigenvalue weighted by Gasteiger charge is 2.36. The second-order valence-electron chi connectivity index (χ2n) is 10.9. The Balaban J connectivity index is 1.44. The van der Waals surface area contributed by atoms with Crippen molar-refractivity contribution in [3.63, 3.8) is 0 Å². The topological polar surface area (TPSA) is 90.9 Å². The second-order valence-corrected chi connectivity index (χ2v) is 10.9. The first-order valence-corrected chi connectivity index (χ1v) is 14.9. The molecule has 0 saturated carbocycles. The van der Waals surface area contributed by atoms with Crippen molar-refractivity contribution >= 4 is 5.69 Å². The molecule has 2 aliphatic heterocycles. The van der Waals surface area contributed by atoms with Crippen LogP contribution in [0.3, 0.4) is 0 Å². The first-order chi connectivity index (χ1) is 20.1. The first-order valence-electron chi connectivity index (χ1n) is 14.9. The van der Waals surface area contributed by atoms with Crippen LogP contribution in [0.15, 0.2) is 42.5 Å². The molecule has 0 aromatic heterocycles. The van der Waals surface area contributed by atoms with Crippen molar-refractivity contribution in [1.29, 1.82) is 0 Å². The van der Waals surface area contributed by atoms with Crippen molar-refractivity contribution in [3.8, 4) is 5.75 Å². The van der Waals surface area contributed by atoms with Crippen molar-refractivity contribution < 1.29 is 33.5 Å². The van der Waals surface area contributed by atoms with Gasteiger partial charge in [0, 0.05) is 59.6 Å². The molecule has 228 valence electrons. The van der Waals surface area contributed by atoms with Crippen LogP contribution in [0.1, 0.15) is 42.4 Å². The Morgan fingerprint density at radius 1 is 0.927 bits per heavy atom. The quantitative estimate of drug-likeness (QED) is 0.276. The molecule has 0 aliphatic carbocycles. The Morgan fingerprint density at radius 2 is 1.66 bits per heavy atom. The average Bonchev–Trinajstić information content (AvgIpc) is 2.99. The van der Waals surface area contributed by atoms with Crippen molar-refractivity contribution in [2.24, 2.45) is 0 Å². The summed E-state index contributed by atoms with van der Waals surface area (Å²) in [5.74, 6) is 0.946. The van der Waals surface area contributed by atoms with Crippen LogP contribution in [0, 0.1) is 0 Å². The molecule has 0 bridgehead atoms. The lowest BCUT2D eigenvalue weighted by Crippen LogP contribution is -2.51. The van der Waals surface area contributed by atoms with Gasteiger partial charge in [0.25, 0.3) is 0 Å². The van der Waals surface area contributed by atoms with Crippen LogP contribution in [-0.4, -0.2) is 96.9 Å². The van der Waals surface area contributed by atoms with Gasteiger partial charge >= 0.3 is 0 Å². The number of hydrogen-bond acceptors (Lipinski definition) is 9. The molecule has 1 fully saturated rings. The third kappa shape index (κ3) is 9.64. The Labute approximate surface area is 245 Å². The minimum absolute atomic E-state index is 0.0261. The number of aliphatic hydroxyl groups is 1. The summed E-state index contributed by atoms with van der Waals surface area (Å²) in [4.78, 5) is 2.37. The molecule has 0 unspecified atom stereocenters. The zero-order valence-electron chi connectivity index (χ0n) is 24.9. The zero-order valence-corrected chi connectivity index (χ0v) is 24.9. The van der Waals surface area contributed by atoms with Gasteiger partial charge in [-0.2, -0.15) is 0 Å². The van der Waals surface area contributed by atoms with Crippen molar-refractivity contribution in [2.75, 3.05) is 78.3 Å². The van der Waals surface area contributed by atoms with E-state index in [1.165, 1.54) is 5.56 Å². The summed E-state index contributed by atoms with van der Waals surface area (Å²) in [6.45, 7) is 9.13. The lowest BCUT2D eigenvalue weighted by Gasteiger charge is -2.39. The molecule has 2 aromatic carbocycles. The third-order valence-corrected chi connectivity index (χ3v) is 7.54. The summed E-state index contributed by atoms with van der Waals surface area (Å²) >= 11 is 0. The number of rotatable bonds is 17. The number of aliphatic hydroxyl groups excluding tert-OH is 1. The van der Waals surface area contributed by atoms with E-state index in [2.05, 4.69) is 52.7 Å². The van der Waals surface area contributed by atoms with Gasteiger partial charge in [-0.05, 0) is 48.6 Å². The van der Waals surface area contributed by atoms with Gasteiger partial charge in [0.15, 0.2) is 0 Å². The fourth-order valence-corrected chi connectivity index (χ4v) is 5.45. The summed E-state index contributed by atoms with van der Waals surface area (Å²) in [6, 6.07) is 14.9. The van der Waals surface area contributed by atoms with E-state index in [0.29, 0.717) is 39.6 Å². The Bertz CT molecular complexity index is 1020. The van der Waals surface area contributed by atoms with Crippen LogP contribution in [0.2, 0.25) is 0 Å². The van der Waals surface area contributed by atoms with E-state index in [9.17, 15) is 5.11 Å². The standard InChI is InChI=1S/C32H48N2O7/c1-24(35)21-40-30-19-33-20-31(32(30)27-9-6-25(7-10-27)22-38-16-5-15-37-3)41-23-26-8-11-29-28(18-26)34(13-17-39-29)12-4-14-36-2/h6-11,18,24,30-33,35H,4-5,12-17,19-23H2,1-3H3/t24-,30-,31+,32+/m1/s1. The summed E-state index contributed by atoms with van der Waals surface area (Å²) in [6.07, 6.45) is 1.11. The van der Waals surface area contributed by atoms with Crippen LogP contribution in [0.4, 0.5) is 5.69 Å². The van der Waals surface area contributed by atoms with E-state index in [4.69, 9.17) is 28.4 Å². The lowest BCUT2D eigenvalue weighted by atomic mass is 9.85. The van der Waals surface area contributed by atoms with E-state index in [1.807, 2.05) is 0 Å². The number of nitrogens with zero attached hydrogens (tertiary/aromatic N) is 1. The number of hydrogen-bond donors (Lipinski definition) is 2. The molecule has 0 amide bonds. The van der Waals surface area contributed by atoms with Gasteiger partial charge < -0.3 is 43.7 Å². The van der Waals surface area contributed by atoms with Gasteiger partial charge in [0.05, 0.1) is 50.4 Å². The monoisotopic (exact) mass is 572 g/mol. The molecule has 9 heteroatoms. The molecule has 9 nitrogen and oxygen atoms in total. The van der Waals surface area contributed by atoms with Crippen LogP contribution in [0.25, 0.3) is 0 Å². The van der Waals surface area contributed by atoms with Crippen LogP contribution in [-0.2, 0) is 36.9 Å². The molecule has 2 aromatic rings. The third-order valence-electron chi connectivity index (χ3n) is 7.54. The van der Waals surface area contributed by atoms with Gasteiger partial charge in [0.1, 0.15) is 12.4 Å². The second kappa shape index (κ2) is 17.0. The lowest BCUT2D eigenvalue weighted by molar-refractivity contribution is -0.0752. The molecule has 4 atom stereocenters. The SMILES string of the molecule is COCCCOCc1ccc([C@@H]2[C@@H](OCc3ccc4c(c3)N(CCCOC)CCO4)CNC[C@H]2OC[C@@H](C)O)cc1. The fraction of sp³-hybridized carbons (Fsp3) is 0.625. The van der Waals surface area contributed by atoms with E-state index in [-0.39, 0.29) is 24.7 Å². The number of benzene rings is 2. The van der Waals surface area contributed by atoms with Gasteiger partial charge in [-0.15, -0.1) is 0 Å². The number of piperidine rings is 1. The smallest absolute Gasteiger partial charge is 0.142 e. The van der Waals surface area contributed by atoms with Gasteiger partial charge in [-0.1, -0.05) is 30.3 Å². The first kappa shape index (κ1) is 31.7. The maximum absolute atomic E-state index is 9.90. The fourth-order valence-electron chi connectivity index (χ4n) is 5.45. The highest BCUT2D eigenvalue weighted by molar-refractivity contribution is 5.61. The molecule has 2 heterocycles. The van der Waals surface area contributed by atoms with Crippen molar-refractivity contribution in [1.82, 2.24) is 5.32 Å². The molecular weight excluding hydrogens is 524 g/mol. The Hall–Kier alpha value is -2.24. The maximum atomic E-state index is 9.90. The van der Waals surface area contributed by atoms with Crippen LogP contribution < -0.4 is 15.0 Å². The number of ether oxygens (including phenoxy) is 6. The van der Waals surface area contributed by atoms with E-state index in [0.717, 1.165) is 61.6 Å². The van der Waals surface area contributed by atoms with E-state index >= 15 is 0 Å². The molecule has 4 rings (SSSR count). The summed E-state index contributed by atoms with van der Waals surface area (Å²) < 4.78 is 34.9.